The fourth-order valence-electron chi connectivity index (χ4n) is 2.28. The van der Waals surface area contributed by atoms with Crippen molar-refractivity contribution in [3.8, 4) is 0 Å². The highest BCUT2D eigenvalue weighted by atomic mass is 35.5. The Labute approximate surface area is 122 Å². The van der Waals surface area contributed by atoms with Crippen LogP contribution in [0.15, 0.2) is 0 Å². The van der Waals surface area contributed by atoms with E-state index in [1.807, 2.05) is 0 Å². The van der Waals surface area contributed by atoms with Gasteiger partial charge in [-0.25, -0.2) is 0 Å². The molecule has 0 aromatic rings. The number of unbranched alkanes of at least 4 members (excludes halogenated alkanes) is 6. The lowest BCUT2D eigenvalue weighted by Gasteiger charge is -2.15. The van der Waals surface area contributed by atoms with Gasteiger partial charge in [-0.2, -0.15) is 0 Å². The van der Waals surface area contributed by atoms with E-state index in [0.29, 0.717) is 0 Å². The Bertz CT molecular complexity index is 139. The van der Waals surface area contributed by atoms with E-state index in [1.165, 1.54) is 77.3 Å². The van der Waals surface area contributed by atoms with Gasteiger partial charge in [0.15, 0.2) is 0 Å². The number of hydrogen-bond donors (Lipinski definition) is 1. The summed E-state index contributed by atoms with van der Waals surface area (Å²) in [7, 11) is 0. The van der Waals surface area contributed by atoms with Gasteiger partial charge in [-0.15, -0.1) is 12.4 Å². The Morgan fingerprint density at radius 3 is 2.00 bits per heavy atom. The van der Waals surface area contributed by atoms with Crippen LogP contribution in [0, 0.1) is 5.92 Å². The van der Waals surface area contributed by atoms with Crippen molar-refractivity contribution in [1.82, 2.24) is 5.32 Å². The molecule has 0 amide bonds. The van der Waals surface area contributed by atoms with Crippen molar-refractivity contribution >= 4 is 12.4 Å². The summed E-state index contributed by atoms with van der Waals surface area (Å²) >= 11 is 0. The first-order valence-corrected chi connectivity index (χ1v) is 8.05. The van der Waals surface area contributed by atoms with Crippen molar-refractivity contribution in [3.05, 3.63) is 0 Å². The molecule has 2 heteroatoms. The van der Waals surface area contributed by atoms with Gasteiger partial charge in [-0.1, -0.05) is 72.1 Å². The van der Waals surface area contributed by atoms with E-state index < -0.39 is 0 Å². The van der Waals surface area contributed by atoms with E-state index in [0.717, 1.165) is 5.92 Å². The van der Waals surface area contributed by atoms with Crippen molar-refractivity contribution in [2.45, 2.75) is 85.0 Å². The zero-order valence-electron chi connectivity index (χ0n) is 13.0. The van der Waals surface area contributed by atoms with Gasteiger partial charge < -0.3 is 5.32 Å². The summed E-state index contributed by atoms with van der Waals surface area (Å²) in [4.78, 5) is 0. The van der Waals surface area contributed by atoms with E-state index in [4.69, 9.17) is 0 Å². The predicted octanol–water partition coefficient (Wildman–Crippen LogP) is 5.57. The molecule has 0 radical (unpaired) electrons. The van der Waals surface area contributed by atoms with Gasteiger partial charge in [0.2, 0.25) is 0 Å². The number of rotatable bonds is 13. The van der Waals surface area contributed by atoms with Gasteiger partial charge in [0.25, 0.3) is 0 Å². The molecule has 0 bridgehead atoms. The second-order valence-electron chi connectivity index (χ2n) is 5.39. The molecule has 0 spiro atoms. The SMILES string of the molecule is CCCCCCCCNCC(CC)CCCC.Cl. The van der Waals surface area contributed by atoms with E-state index in [9.17, 15) is 0 Å². The molecule has 18 heavy (non-hydrogen) atoms. The van der Waals surface area contributed by atoms with E-state index in [-0.39, 0.29) is 12.4 Å². The minimum absolute atomic E-state index is 0. The third-order valence-corrected chi connectivity index (χ3v) is 3.68. The fraction of sp³-hybridized carbons (Fsp3) is 1.00. The van der Waals surface area contributed by atoms with Crippen molar-refractivity contribution in [3.63, 3.8) is 0 Å². The zero-order chi connectivity index (χ0) is 12.8. The Balaban J connectivity index is 0. The fourth-order valence-corrected chi connectivity index (χ4v) is 2.28. The molecule has 0 aliphatic heterocycles. The third kappa shape index (κ3) is 14.3. The standard InChI is InChI=1S/C16H35N.ClH/c1-4-7-9-10-11-12-14-17-15-16(6-3)13-8-5-2;/h16-17H,4-15H2,1-3H3;1H. The quantitative estimate of drug-likeness (QED) is 0.434. The monoisotopic (exact) mass is 277 g/mol. The van der Waals surface area contributed by atoms with Crippen LogP contribution in [0.5, 0.6) is 0 Å². The molecule has 1 unspecified atom stereocenters. The summed E-state index contributed by atoms with van der Waals surface area (Å²) < 4.78 is 0. The Kier molecular flexibility index (Phi) is 19.7. The minimum atomic E-state index is 0. The highest BCUT2D eigenvalue weighted by Crippen LogP contribution is 2.11. The summed E-state index contributed by atoms with van der Waals surface area (Å²) in [5.74, 6) is 0.912. The van der Waals surface area contributed by atoms with Crippen molar-refractivity contribution in [1.29, 1.82) is 0 Å². The molecule has 0 aliphatic carbocycles. The van der Waals surface area contributed by atoms with Gasteiger partial charge in [-0.3, -0.25) is 0 Å². The first-order chi connectivity index (χ1) is 8.35. The largest absolute Gasteiger partial charge is 0.316 e. The summed E-state index contributed by atoms with van der Waals surface area (Å²) in [6.45, 7) is 9.37. The van der Waals surface area contributed by atoms with E-state index >= 15 is 0 Å². The van der Waals surface area contributed by atoms with Crippen LogP contribution in [0.2, 0.25) is 0 Å². The van der Waals surface area contributed by atoms with Crippen LogP contribution >= 0.6 is 12.4 Å². The normalized spacial score (nSPS) is 12.2. The van der Waals surface area contributed by atoms with Gasteiger partial charge in [0.05, 0.1) is 0 Å². The molecule has 112 valence electrons. The van der Waals surface area contributed by atoms with Crippen molar-refractivity contribution < 1.29 is 0 Å². The summed E-state index contributed by atoms with van der Waals surface area (Å²) in [6.07, 6.45) is 13.9. The van der Waals surface area contributed by atoms with Crippen molar-refractivity contribution in [2.75, 3.05) is 13.1 Å². The highest BCUT2D eigenvalue weighted by Gasteiger charge is 2.04. The second kappa shape index (κ2) is 17.2. The molecular weight excluding hydrogens is 242 g/mol. The third-order valence-electron chi connectivity index (χ3n) is 3.68. The molecule has 1 N–H and O–H groups in total. The van der Waals surface area contributed by atoms with Crippen LogP contribution in [0.4, 0.5) is 0 Å². The first-order valence-electron chi connectivity index (χ1n) is 8.05. The lowest BCUT2D eigenvalue weighted by Crippen LogP contribution is -2.23. The Morgan fingerprint density at radius 2 is 1.39 bits per heavy atom. The molecule has 0 heterocycles. The molecule has 0 aromatic carbocycles. The molecular formula is C16H36ClN. The highest BCUT2D eigenvalue weighted by molar-refractivity contribution is 5.85. The van der Waals surface area contributed by atoms with Crippen LogP contribution in [-0.2, 0) is 0 Å². The average molecular weight is 278 g/mol. The molecule has 0 saturated heterocycles. The summed E-state index contributed by atoms with van der Waals surface area (Å²) in [6, 6.07) is 0. The maximum absolute atomic E-state index is 3.64. The zero-order valence-corrected chi connectivity index (χ0v) is 13.8. The van der Waals surface area contributed by atoms with Gasteiger partial charge in [-0.05, 0) is 31.8 Å². The molecule has 1 atom stereocenters. The van der Waals surface area contributed by atoms with Crippen molar-refractivity contribution in [2.24, 2.45) is 5.92 Å². The second-order valence-corrected chi connectivity index (χ2v) is 5.39. The minimum Gasteiger partial charge on any atom is -0.316 e. The maximum Gasteiger partial charge on any atom is -0.00206 e. The van der Waals surface area contributed by atoms with Crippen LogP contribution in [-0.4, -0.2) is 13.1 Å². The molecule has 0 fully saturated rings. The summed E-state index contributed by atoms with van der Waals surface area (Å²) in [5, 5.41) is 3.64. The maximum atomic E-state index is 3.64. The van der Waals surface area contributed by atoms with E-state index in [2.05, 4.69) is 26.1 Å². The predicted molar refractivity (Wildman–Crippen MR) is 86.8 cm³/mol. The lowest BCUT2D eigenvalue weighted by atomic mass is 9.99. The lowest BCUT2D eigenvalue weighted by molar-refractivity contribution is 0.416. The van der Waals surface area contributed by atoms with Crippen LogP contribution < -0.4 is 5.32 Å². The summed E-state index contributed by atoms with van der Waals surface area (Å²) in [5.41, 5.74) is 0. The molecule has 0 rings (SSSR count). The van der Waals surface area contributed by atoms with Crippen LogP contribution in [0.3, 0.4) is 0 Å². The molecule has 1 nitrogen and oxygen atoms in total. The topological polar surface area (TPSA) is 12.0 Å². The van der Waals surface area contributed by atoms with Gasteiger partial charge >= 0.3 is 0 Å². The Morgan fingerprint density at radius 1 is 0.778 bits per heavy atom. The van der Waals surface area contributed by atoms with Gasteiger partial charge in [0, 0.05) is 0 Å². The van der Waals surface area contributed by atoms with Crippen LogP contribution in [0.1, 0.15) is 85.0 Å². The first kappa shape index (κ1) is 20.6. The Hall–Kier alpha value is 0.250. The van der Waals surface area contributed by atoms with E-state index in [1.54, 1.807) is 0 Å². The van der Waals surface area contributed by atoms with Crippen LogP contribution in [0.25, 0.3) is 0 Å². The molecule has 0 aliphatic rings. The average Bonchev–Trinajstić information content (AvgIpc) is 2.36. The molecule has 0 saturated carbocycles. The smallest absolute Gasteiger partial charge is 0.00206 e. The molecule has 0 aromatic heterocycles. The number of halogens is 1. The van der Waals surface area contributed by atoms with Gasteiger partial charge in [0.1, 0.15) is 0 Å². The number of nitrogens with one attached hydrogen (secondary N) is 1. The number of hydrogen-bond acceptors (Lipinski definition) is 1.